The normalized spacial score (nSPS) is 15.9. The fourth-order valence-electron chi connectivity index (χ4n) is 2.09. The highest BCUT2D eigenvalue weighted by Gasteiger charge is 2.20. The van der Waals surface area contributed by atoms with E-state index in [4.69, 9.17) is 22.3 Å². The molecule has 1 atom stereocenters. The standard InChI is InChI=1S/C14H28O.2H3N.H2O4S/c1-2-3-4-5-6-7-8-9-10-11-12-14-13-15-14;;;1-5(2,3)4/h14H,2-13H2,1H3;2*1H3;(H2,1,2,3,4). The van der Waals surface area contributed by atoms with Crippen LogP contribution in [0, 0.1) is 0 Å². The predicted molar refractivity (Wildman–Crippen MR) is 88.6 cm³/mol. The highest BCUT2D eigenvalue weighted by atomic mass is 32.3. The van der Waals surface area contributed by atoms with Crippen LogP contribution in [-0.4, -0.2) is 30.2 Å². The Bertz CT molecular complexity index is 300. The van der Waals surface area contributed by atoms with Crippen LogP contribution in [0.3, 0.4) is 0 Å². The van der Waals surface area contributed by atoms with Crippen LogP contribution in [0.25, 0.3) is 0 Å². The summed E-state index contributed by atoms with van der Waals surface area (Å²) in [6.07, 6.45) is 16.3. The Hall–Kier alpha value is -0.250. The molecule has 138 valence electrons. The molecule has 0 bridgehead atoms. The van der Waals surface area contributed by atoms with Crippen LogP contribution >= 0.6 is 0 Å². The molecule has 0 aliphatic carbocycles. The number of hydrogen-bond acceptors (Lipinski definition) is 5. The second-order valence-electron chi connectivity index (χ2n) is 5.33. The first kappa shape index (κ1) is 26.6. The number of hydrogen-bond donors (Lipinski definition) is 2. The molecule has 1 aliphatic rings. The van der Waals surface area contributed by atoms with E-state index in [-0.39, 0.29) is 12.3 Å². The molecule has 0 aromatic carbocycles. The first-order chi connectivity index (χ1) is 9.43. The smallest absolute Gasteiger partial charge is 0.0810 e. The molecule has 8 N–H and O–H groups in total. The predicted octanol–water partition coefficient (Wildman–Crippen LogP) is 4.11. The van der Waals surface area contributed by atoms with E-state index in [2.05, 4.69) is 6.92 Å². The van der Waals surface area contributed by atoms with Crippen LogP contribution in [0.2, 0.25) is 0 Å². The molecule has 8 heteroatoms. The van der Waals surface area contributed by atoms with Crippen molar-refractivity contribution in [1.29, 1.82) is 0 Å². The van der Waals surface area contributed by atoms with Gasteiger partial charge in [-0.2, -0.15) is 0 Å². The summed E-state index contributed by atoms with van der Waals surface area (Å²) in [7, 11) is -5.17. The Morgan fingerprint density at radius 2 is 1.18 bits per heavy atom. The first-order valence-electron chi connectivity index (χ1n) is 7.71. The van der Waals surface area contributed by atoms with Gasteiger partial charge in [-0.1, -0.05) is 71.1 Å². The SMILES string of the molecule is CCCCCCCCCCCCC1CO1.O=S(=O)([O-])[O-].[NH4+].[NH4+]. The fourth-order valence-corrected chi connectivity index (χ4v) is 2.09. The molecule has 1 heterocycles. The van der Waals surface area contributed by atoms with E-state index in [1.54, 1.807) is 0 Å². The fraction of sp³-hybridized carbons (Fsp3) is 1.00. The summed E-state index contributed by atoms with van der Waals surface area (Å²) < 4.78 is 39.3. The summed E-state index contributed by atoms with van der Waals surface area (Å²) in [5, 5.41) is 0. The van der Waals surface area contributed by atoms with E-state index in [9.17, 15) is 0 Å². The average molecular weight is 345 g/mol. The zero-order valence-electron chi connectivity index (χ0n) is 14.5. The van der Waals surface area contributed by atoms with Gasteiger partial charge >= 0.3 is 0 Å². The summed E-state index contributed by atoms with van der Waals surface area (Å²) in [6, 6.07) is 0. The maximum atomic E-state index is 8.52. The minimum absolute atomic E-state index is 0. The maximum absolute atomic E-state index is 8.52. The van der Waals surface area contributed by atoms with Gasteiger partial charge in [0.2, 0.25) is 0 Å². The average Bonchev–Trinajstić information content (AvgIpc) is 3.13. The largest absolute Gasteiger partial charge is 0.759 e. The minimum atomic E-state index is -5.17. The first-order valence-corrected chi connectivity index (χ1v) is 9.05. The molecule has 1 fully saturated rings. The number of ether oxygens (including phenoxy) is 1. The van der Waals surface area contributed by atoms with Crippen LogP contribution in [0.15, 0.2) is 0 Å². The van der Waals surface area contributed by atoms with E-state index in [1.165, 1.54) is 70.6 Å². The maximum Gasteiger partial charge on any atom is 0.0810 e. The lowest BCUT2D eigenvalue weighted by molar-refractivity contribution is 0.352. The third-order valence-corrected chi connectivity index (χ3v) is 3.28. The molecule has 0 amide bonds. The van der Waals surface area contributed by atoms with Gasteiger partial charge in [-0.25, -0.2) is 0 Å². The van der Waals surface area contributed by atoms with E-state index in [0.717, 1.165) is 6.61 Å². The molecule has 0 spiro atoms. The second kappa shape index (κ2) is 17.1. The van der Waals surface area contributed by atoms with Crippen molar-refractivity contribution in [3.63, 3.8) is 0 Å². The van der Waals surface area contributed by atoms with Gasteiger partial charge in [-0.05, 0) is 6.42 Å². The Morgan fingerprint density at radius 1 is 0.864 bits per heavy atom. The molecule has 0 radical (unpaired) electrons. The second-order valence-corrected chi connectivity index (χ2v) is 6.15. The van der Waals surface area contributed by atoms with Crippen LogP contribution in [0.4, 0.5) is 0 Å². The van der Waals surface area contributed by atoms with Gasteiger partial charge in [0, 0.05) is 10.4 Å². The Kier molecular flexibility index (Phi) is 20.7. The van der Waals surface area contributed by atoms with E-state index >= 15 is 0 Å². The lowest BCUT2D eigenvalue weighted by Crippen LogP contribution is -1.91. The van der Waals surface area contributed by atoms with Crippen molar-refractivity contribution in [2.24, 2.45) is 0 Å². The van der Waals surface area contributed by atoms with E-state index in [1.807, 2.05) is 0 Å². The van der Waals surface area contributed by atoms with Gasteiger partial charge in [-0.15, -0.1) is 0 Å². The molecule has 0 aromatic rings. The molecule has 1 saturated heterocycles. The molecule has 1 aliphatic heterocycles. The zero-order valence-corrected chi connectivity index (χ0v) is 15.3. The van der Waals surface area contributed by atoms with Gasteiger partial charge in [0.25, 0.3) is 0 Å². The molecule has 7 nitrogen and oxygen atoms in total. The summed E-state index contributed by atoms with van der Waals surface area (Å²) in [4.78, 5) is 0. The topological polar surface area (TPSA) is 166 Å². The third kappa shape index (κ3) is 31.9. The van der Waals surface area contributed by atoms with Crippen molar-refractivity contribution in [3.8, 4) is 0 Å². The Morgan fingerprint density at radius 3 is 1.50 bits per heavy atom. The molecule has 1 rings (SSSR count). The summed E-state index contributed by atoms with van der Waals surface area (Å²) >= 11 is 0. The van der Waals surface area contributed by atoms with Crippen LogP contribution < -0.4 is 12.3 Å². The van der Waals surface area contributed by atoms with Gasteiger partial charge in [0.1, 0.15) is 0 Å². The lowest BCUT2D eigenvalue weighted by Gasteiger charge is -2.06. The van der Waals surface area contributed by atoms with Crippen molar-refractivity contribution in [3.05, 3.63) is 0 Å². The highest BCUT2D eigenvalue weighted by Crippen LogP contribution is 2.18. The minimum Gasteiger partial charge on any atom is -0.759 e. The van der Waals surface area contributed by atoms with Gasteiger partial charge in [-0.3, -0.25) is 8.42 Å². The highest BCUT2D eigenvalue weighted by molar-refractivity contribution is 7.79. The number of rotatable bonds is 11. The van der Waals surface area contributed by atoms with Gasteiger partial charge in [0.15, 0.2) is 0 Å². The van der Waals surface area contributed by atoms with Crippen LogP contribution in [-0.2, 0) is 15.1 Å². The molecule has 0 saturated carbocycles. The molecule has 1 unspecified atom stereocenters. The van der Waals surface area contributed by atoms with Crippen LogP contribution in [0.1, 0.15) is 77.6 Å². The summed E-state index contributed by atoms with van der Waals surface area (Å²) in [5.74, 6) is 0. The van der Waals surface area contributed by atoms with Crippen LogP contribution in [0.5, 0.6) is 0 Å². The van der Waals surface area contributed by atoms with Crippen molar-refractivity contribution in [2.75, 3.05) is 6.61 Å². The molecular formula is C14H36N2O5S. The molecule has 22 heavy (non-hydrogen) atoms. The quantitative estimate of drug-likeness (QED) is 0.248. The molecule has 0 aromatic heterocycles. The van der Waals surface area contributed by atoms with Crippen molar-refractivity contribution in [2.45, 2.75) is 83.7 Å². The number of quaternary nitrogens is 2. The van der Waals surface area contributed by atoms with E-state index < -0.39 is 10.4 Å². The zero-order chi connectivity index (χ0) is 15.3. The van der Waals surface area contributed by atoms with Crippen molar-refractivity contribution in [1.82, 2.24) is 12.3 Å². The summed E-state index contributed by atoms with van der Waals surface area (Å²) in [5.41, 5.74) is 0. The Balaban J connectivity index is -0.000000452. The molecular weight excluding hydrogens is 308 g/mol. The van der Waals surface area contributed by atoms with Crippen molar-refractivity contribution >= 4 is 10.4 Å². The Labute approximate surface area is 136 Å². The monoisotopic (exact) mass is 344 g/mol. The summed E-state index contributed by atoms with van der Waals surface area (Å²) in [6.45, 7) is 3.32. The number of epoxide rings is 1. The van der Waals surface area contributed by atoms with Crippen molar-refractivity contribution < 1.29 is 22.3 Å². The lowest BCUT2D eigenvalue weighted by atomic mass is 10.1. The third-order valence-electron chi connectivity index (χ3n) is 3.28. The number of unbranched alkanes of at least 4 members (excludes halogenated alkanes) is 9. The van der Waals surface area contributed by atoms with Gasteiger partial charge < -0.3 is 26.1 Å². The van der Waals surface area contributed by atoms with E-state index in [0.29, 0.717) is 6.10 Å². The van der Waals surface area contributed by atoms with Gasteiger partial charge in [0.05, 0.1) is 12.7 Å².